The van der Waals surface area contributed by atoms with E-state index in [-0.39, 0.29) is 5.41 Å². The highest BCUT2D eigenvalue weighted by molar-refractivity contribution is 5.72. The number of aryl methyl sites for hydroxylation is 1. The van der Waals surface area contributed by atoms with Crippen LogP contribution in [0.3, 0.4) is 0 Å². The number of carbonyl (C=O) groups excluding carboxylic acids is 1. The van der Waals surface area contributed by atoms with Crippen molar-refractivity contribution in [2.45, 2.75) is 46.5 Å². The smallest absolute Gasteiger partial charge is 0.145 e. The summed E-state index contributed by atoms with van der Waals surface area (Å²) in [6.45, 7) is 9.97. The zero-order valence-corrected chi connectivity index (χ0v) is 13.5. The fraction of sp³-hybridized carbons (Fsp3) is 0.368. The average molecular weight is 281 g/mol. The normalized spacial score (nSPS) is 14.0. The molecule has 0 aliphatic carbocycles. The van der Waals surface area contributed by atoms with Crippen LogP contribution in [0.5, 0.6) is 0 Å². The molecule has 1 atom stereocenters. The molecule has 0 amide bonds. The zero-order valence-electron chi connectivity index (χ0n) is 13.5. The fourth-order valence-corrected chi connectivity index (χ4v) is 2.31. The van der Waals surface area contributed by atoms with Gasteiger partial charge in [-0.1, -0.05) is 36.8 Å². The lowest BCUT2D eigenvalue weighted by atomic mass is 9.77. The Hall–Kier alpha value is -2.14. The molecule has 0 fully saturated rings. The molecule has 2 nitrogen and oxygen atoms in total. The molecule has 0 N–H and O–H groups in total. The predicted octanol–water partition coefficient (Wildman–Crippen LogP) is 4.63. The Morgan fingerprint density at radius 2 is 2.00 bits per heavy atom. The van der Waals surface area contributed by atoms with Gasteiger partial charge < -0.3 is 0 Å². The minimum Gasteiger partial charge on any atom is -0.298 e. The summed E-state index contributed by atoms with van der Waals surface area (Å²) in [7, 11) is 0. The molecule has 0 saturated heterocycles. The molecule has 0 saturated carbocycles. The molecule has 0 aliphatic rings. The maximum absolute atomic E-state index is 11.0. The van der Waals surface area contributed by atoms with Crippen LogP contribution in [0.4, 0.5) is 0 Å². The summed E-state index contributed by atoms with van der Waals surface area (Å²) in [6.07, 6.45) is 5.83. The lowest BCUT2D eigenvalue weighted by Crippen LogP contribution is -2.19. The molecular formula is C19H23NO. The maximum atomic E-state index is 11.0. The van der Waals surface area contributed by atoms with E-state index in [0.29, 0.717) is 11.1 Å². The first kappa shape index (κ1) is 16.9. The van der Waals surface area contributed by atoms with Gasteiger partial charge in [0, 0.05) is 5.41 Å². The van der Waals surface area contributed by atoms with Gasteiger partial charge >= 0.3 is 0 Å². The van der Waals surface area contributed by atoms with E-state index < -0.39 is 0 Å². The van der Waals surface area contributed by atoms with Gasteiger partial charge in [-0.3, -0.25) is 4.79 Å². The van der Waals surface area contributed by atoms with Crippen LogP contribution < -0.4 is 0 Å². The molecule has 1 aromatic rings. The van der Waals surface area contributed by atoms with Crippen molar-refractivity contribution in [3.63, 3.8) is 0 Å². The Kier molecular flexibility index (Phi) is 5.67. The number of rotatable bonds is 5. The summed E-state index contributed by atoms with van der Waals surface area (Å²) in [5, 5.41) is 9.22. The Morgan fingerprint density at radius 3 is 2.52 bits per heavy atom. The molecule has 0 heterocycles. The average Bonchev–Trinajstić information content (AvgIpc) is 2.45. The third kappa shape index (κ3) is 4.43. The van der Waals surface area contributed by atoms with Crippen molar-refractivity contribution < 1.29 is 4.79 Å². The van der Waals surface area contributed by atoms with E-state index in [1.54, 1.807) is 0 Å². The Bertz CT molecular complexity index is 627. The van der Waals surface area contributed by atoms with E-state index in [9.17, 15) is 10.1 Å². The van der Waals surface area contributed by atoms with Crippen LogP contribution >= 0.6 is 0 Å². The molecule has 1 aromatic carbocycles. The van der Waals surface area contributed by atoms with Crippen molar-refractivity contribution in [2.75, 3.05) is 0 Å². The molecule has 0 radical (unpaired) electrons. The minimum atomic E-state index is -0.290. The SMILES string of the molecule is CC(C)=CCC(C)(C=C(C)C=O)c1ccc(C)c(C#N)c1. The minimum absolute atomic E-state index is 0.290. The van der Waals surface area contributed by atoms with Crippen LogP contribution in [0.15, 0.2) is 41.5 Å². The third-order valence-electron chi connectivity index (χ3n) is 3.68. The number of allylic oxidation sites excluding steroid dienone is 4. The lowest BCUT2D eigenvalue weighted by molar-refractivity contribution is -0.104. The summed E-state index contributed by atoms with van der Waals surface area (Å²) in [5.74, 6) is 0. The molecule has 0 spiro atoms. The number of nitriles is 1. The van der Waals surface area contributed by atoms with E-state index >= 15 is 0 Å². The number of carbonyl (C=O) groups is 1. The largest absolute Gasteiger partial charge is 0.298 e. The van der Waals surface area contributed by atoms with Gasteiger partial charge in [-0.05, 0) is 56.9 Å². The van der Waals surface area contributed by atoms with Crippen molar-refractivity contribution >= 4 is 6.29 Å². The highest BCUT2D eigenvalue weighted by Crippen LogP contribution is 2.32. The van der Waals surface area contributed by atoms with Gasteiger partial charge in [0.05, 0.1) is 11.6 Å². The monoisotopic (exact) mass is 281 g/mol. The van der Waals surface area contributed by atoms with Gasteiger partial charge in [-0.15, -0.1) is 0 Å². The first-order chi connectivity index (χ1) is 9.82. The molecule has 1 unspecified atom stereocenters. The van der Waals surface area contributed by atoms with Gasteiger partial charge in [-0.2, -0.15) is 5.26 Å². The Labute approximate surface area is 127 Å². The maximum Gasteiger partial charge on any atom is 0.145 e. The van der Waals surface area contributed by atoms with Crippen LogP contribution in [0.1, 0.15) is 50.8 Å². The van der Waals surface area contributed by atoms with Crippen molar-refractivity contribution in [3.8, 4) is 6.07 Å². The summed E-state index contributed by atoms with van der Waals surface area (Å²) in [6, 6.07) is 8.18. The molecule has 1 rings (SSSR count). The number of aldehydes is 1. The Morgan fingerprint density at radius 1 is 1.33 bits per heavy atom. The first-order valence-electron chi connectivity index (χ1n) is 7.11. The number of hydrogen-bond acceptors (Lipinski definition) is 2. The van der Waals surface area contributed by atoms with Crippen molar-refractivity contribution in [1.29, 1.82) is 5.26 Å². The second-order valence-electron chi connectivity index (χ2n) is 6.05. The highest BCUT2D eigenvalue weighted by atomic mass is 16.1. The lowest BCUT2D eigenvalue weighted by Gasteiger charge is -2.27. The first-order valence-corrected chi connectivity index (χ1v) is 7.11. The number of benzene rings is 1. The Balaban J connectivity index is 3.40. The molecule has 21 heavy (non-hydrogen) atoms. The summed E-state index contributed by atoms with van der Waals surface area (Å²) >= 11 is 0. The van der Waals surface area contributed by atoms with Crippen LogP contribution in [0, 0.1) is 18.3 Å². The summed E-state index contributed by atoms with van der Waals surface area (Å²) in [4.78, 5) is 11.0. The van der Waals surface area contributed by atoms with E-state index in [4.69, 9.17) is 0 Å². The van der Waals surface area contributed by atoms with E-state index in [0.717, 1.165) is 23.8 Å². The topological polar surface area (TPSA) is 40.9 Å². The number of nitrogens with zero attached hydrogens (tertiary/aromatic N) is 1. The van der Waals surface area contributed by atoms with Gasteiger partial charge in [0.2, 0.25) is 0 Å². The van der Waals surface area contributed by atoms with Crippen LogP contribution in [0.2, 0.25) is 0 Å². The van der Waals surface area contributed by atoms with Gasteiger partial charge in [0.15, 0.2) is 0 Å². The molecule has 2 heteroatoms. The van der Waals surface area contributed by atoms with Crippen molar-refractivity contribution in [3.05, 3.63) is 58.2 Å². The fourth-order valence-electron chi connectivity index (χ4n) is 2.31. The second kappa shape index (κ2) is 7.04. The van der Waals surface area contributed by atoms with E-state index in [1.165, 1.54) is 5.57 Å². The van der Waals surface area contributed by atoms with Crippen LogP contribution in [0.25, 0.3) is 0 Å². The summed E-state index contributed by atoms with van der Waals surface area (Å²) in [5.41, 5.74) is 4.38. The zero-order chi connectivity index (χ0) is 16.0. The molecule has 0 bridgehead atoms. The van der Waals surface area contributed by atoms with Crippen LogP contribution in [-0.2, 0) is 10.2 Å². The molecule has 0 aromatic heterocycles. The van der Waals surface area contributed by atoms with Gasteiger partial charge in [0.1, 0.15) is 6.29 Å². The van der Waals surface area contributed by atoms with Crippen LogP contribution in [-0.4, -0.2) is 6.29 Å². The third-order valence-corrected chi connectivity index (χ3v) is 3.68. The van der Waals surface area contributed by atoms with Crippen molar-refractivity contribution in [2.24, 2.45) is 0 Å². The molecule has 0 aliphatic heterocycles. The quantitative estimate of drug-likeness (QED) is 0.448. The number of hydrogen-bond donors (Lipinski definition) is 0. The molecular weight excluding hydrogens is 258 g/mol. The van der Waals surface area contributed by atoms with E-state index in [1.807, 2.05) is 38.1 Å². The van der Waals surface area contributed by atoms with Gasteiger partial charge in [0.25, 0.3) is 0 Å². The standard InChI is InChI=1S/C19H23NO/c1-14(2)8-9-19(5,11-15(3)13-21)18-7-6-16(4)17(10-18)12-20/h6-8,10-11,13H,9H2,1-5H3. The van der Waals surface area contributed by atoms with E-state index in [2.05, 4.69) is 32.9 Å². The summed E-state index contributed by atoms with van der Waals surface area (Å²) < 4.78 is 0. The molecule has 110 valence electrons. The van der Waals surface area contributed by atoms with Crippen molar-refractivity contribution in [1.82, 2.24) is 0 Å². The predicted molar refractivity (Wildman–Crippen MR) is 87.1 cm³/mol. The van der Waals surface area contributed by atoms with Gasteiger partial charge in [-0.25, -0.2) is 0 Å². The second-order valence-corrected chi connectivity index (χ2v) is 6.05. The highest BCUT2D eigenvalue weighted by Gasteiger charge is 2.24.